The smallest absolute Gasteiger partial charge is 0.226 e. The lowest BCUT2D eigenvalue weighted by Gasteiger charge is -2.32. The summed E-state index contributed by atoms with van der Waals surface area (Å²) in [5.74, 6) is 0.453. The first kappa shape index (κ1) is 18.6. The van der Waals surface area contributed by atoms with Gasteiger partial charge in [0.25, 0.3) is 0 Å². The zero-order chi connectivity index (χ0) is 20.4. The van der Waals surface area contributed by atoms with Crippen LogP contribution in [0.1, 0.15) is 30.5 Å². The number of carbonyl (C=O) groups is 2. The van der Waals surface area contributed by atoms with Crippen LogP contribution in [0.5, 0.6) is 0 Å². The van der Waals surface area contributed by atoms with Crippen LogP contribution in [0.25, 0.3) is 17.5 Å². The fourth-order valence-electron chi connectivity index (χ4n) is 3.58. The van der Waals surface area contributed by atoms with E-state index in [1.165, 1.54) is 6.92 Å². The van der Waals surface area contributed by atoms with Crippen LogP contribution in [0, 0.1) is 0 Å². The number of aromatic nitrogens is 3. The van der Waals surface area contributed by atoms with E-state index in [9.17, 15) is 9.59 Å². The number of benzene rings is 2. The van der Waals surface area contributed by atoms with Gasteiger partial charge in [-0.05, 0) is 29.3 Å². The number of nitrogens with one attached hydrogen (secondary N) is 1. The number of aryl methyl sites for hydroxylation is 1. The Kier molecular flexibility index (Phi) is 4.95. The van der Waals surface area contributed by atoms with Crippen molar-refractivity contribution in [2.24, 2.45) is 7.05 Å². The van der Waals surface area contributed by atoms with E-state index < -0.39 is 0 Å². The first-order valence-corrected chi connectivity index (χ1v) is 9.33. The van der Waals surface area contributed by atoms with Gasteiger partial charge in [-0.25, -0.2) is 0 Å². The van der Waals surface area contributed by atoms with E-state index >= 15 is 0 Å². The van der Waals surface area contributed by atoms with Gasteiger partial charge >= 0.3 is 0 Å². The first-order chi connectivity index (χ1) is 14.0. The van der Waals surface area contributed by atoms with Crippen LogP contribution in [0.2, 0.25) is 0 Å². The molecule has 0 saturated heterocycles. The van der Waals surface area contributed by atoms with Crippen molar-refractivity contribution in [2.45, 2.75) is 19.4 Å². The summed E-state index contributed by atoms with van der Waals surface area (Å²) in [6.07, 6.45) is 5.44. The molecule has 1 aliphatic rings. The van der Waals surface area contributed by atoms with Crippen LogP contribution in [-0.2, 0) is 16.6 Å². The Labute approximate surface area is 168 Å². The SMILES string of the molecule is CC(=O)N1C=Cc2ccccc2C1CC(=O)Nc1cccc(-c2nncn2C)c1. The van der Waals surface area contributed by atoms with Crippen molar-refractivity contribution in [3.63, 3.8) is 0 Å². The zero-order valence-corrected chi connectivity index (χ0v) is 16.2. The van der Waals surface area contributed by atoms with Gasteiger partial charge in [-0.15, -0.1) is 10.2 Å². The molecule has 1 aliphatic heterocycles. The standard InChI is InChI=1S/C22H21N5O2/c1-15(28)27-11-10-16-6-3-4-9-19(16)20(27)13-21(29)24-18-8-5-7-17(12-18)22-25-23-14-26(22)2/h3-12,14,20H,13H2,1-2H3,(H,24,29). The molecule has 1 N–H and O–H groups in total. The average Bonchev–Trinajstić information content (AvgIpc) is 3.14. The lowest BCUT2D eigenvalue weighted by molar-refractivity contribution is -0.129. The molecule has 0 bridgehead atoms. The van der Waals surface area contributed by atoms with Crippen molar-refractivity contribution in [2.75, 3.05) is 5.32 Å². The maximum absolute atomic E-state index is 12.8. The minimum absolute atomic E-state index is 0.0992. The number of carbonyl (C=O) groups excluding carboxylic acids is 2. The number of anilines is 1. The molecular formula is C22H21N5O2. The lowest BCUT2D eigenvalue weighted by atomic mass is 9.93. The topological polar surface area (TPSA) is 80.1 Å². The molecule has 146 valence electrons. The van der Waals surface area contributed by atoms with Crippen molar-refractivity contribution in [1.82, 2.24) is 19.7 Å². The normalized spacial score (nSPS) is 15.1. The van der Waals surface area contributed by atoms with Gasteiger partial charge in [0.1, 0.15) is 6.33 Å². The van der Waals surface area contributed by atoms with E-state index in [-0.39, 0.29) is 24.3 Å². The van der Waals surface area contributed by atoms with E-state index in [4.69, 9.17) is 0 Å². The Hall–Kier alpha value is -3.74. The summed E-state index contributed by atoms with van der Waals surface area (Å²) >= 11 is 0. The van der Waals surface area contributed by atoms with Gasteiger partial charge in [0.05, 0.1) is 12.5 Å². The molecule has 3 aromatic rings. The molecule has 0 saturated carbocycles. The molecule has 2 aromatic carbocycles. The predicted molar refractivity (Wildman–Crippen MR) is 110 cm³/mol. The maximum atomic E-state index is 12.8. The molecule has 7 nitrogen and oxygen atoms in total. The molecule has 0 radical (unpaired) electrons. The molecular weight excluding hydrogens is 366 g/mol. The molecule has 4 rings (SSSR count). The second-order valence-electron chi connectivity index (χ2n) is 6.99. The maximum Gasteiger partial charge on any atom is 0.226 e. The Balaban J connectivity index is 1.54. The Morgan fingerprint density at radius 3 is 2.72 bits per heavy atom. The van der Waals surface area contributed by atoms with Gasteiger partial charge in [-0.3, -0.25) is 9.59 Å². The number of amides is 2. The van der Waals surface area contributed by atoms with Gasteiger partial charge in [0.15, 0.2) is 5.82 Å². The van der Waals surface area contributed by atoms with E-state index in [1.807, 2.05) is 66.2 Å². The summed E-state index contributed by atoms with van der Waals surface area (Å²) in [5.41, 5.74) is 3.52. The molecule has 2 heterocycles. The highest BCUT2D eigenvalue weighted by Gasteiger charge is 2.28. The third-order valence-electron chi connectivity index (χ3n) is 4.96. The number of nitrogens with zero attached hydrogens (tertiary/aromatic N) is 4. The highest BCUT2D eigenvalue weighted by atomic mass is 16.2. The van der Waals surface area contributed by atoms with Crippen molar-refractivity contribution in [3.05, 3.63) is 72.2 Å². The van der Waals surface area contributed by atoms with Crippen LogP contribution in [0.4, 0.5) is 5.69 Å². The number of hydrogen-bond donors (Lipinski definition) is 1. The molecule has 0 fully saturated rings. The Morgan fingerprint density at radius 2 is 1.97 bits per heavy atom. The third-order valence-corrected chi connectivity index (χ3v) is 4.96. The quantitative estimate of drug-likeness (QED) is 0.744. The first-order valence-electron chi connectivity index (χ1n) is 9.33. The molecule has 1 aromatic heterocycles. The lowest BCUT2D eigenvalue weighted by Crippen LogP contribution is -2.33. The monoisotopic (exact) mass is 387 g/mol. The number of hydrogen-bond acceptors (Lipinski definition) is 4. The third kappa shape index (κ3) is 3.80. The van der Waals surface area contributed by atoms with Crippen LogP contribution >= 0.6 is 0 Å². The number of rotatable bonds is 4. The molecule has 1 atom stereocenters. The second kappa shape index (κ2) is 7.71. The van der Waals surface area contributed by atoms with E-state index in [2.05, 4.69) is 15.5 Å². The van der Waals surface area contributed by atoms with Crippen molar-refractivity contribution >= 4 is 23.6 Å². The largest absolute Gasteiger partial charge is 0.326 e. The minimum atomic E-state index is -0.337. The van der Waals surface area contributed by atoms with E-state index in [0.29, 0.717) is 5.69 Å². The molecule has 0 aliphatic carbocycles. The van der Waals surface area contributed by atoms with Crippen molar-refractivity contribution in [3.8, 4) is 11.4 Å². The van der Waals surface area contributed by atoms with Gasteiger partial charge in [0, 0.05) is 31.4 Å². The summed E-state index contributed by atoms with van der Waals surface area (Å²) in [7, 11) is 1.87. The summed E-state index contributed by atoms with van der Waals surface area (Å²) in [5, 5.41) is 10.9. The Morgan fingerprint density at radius 1 is 1.14 bits per heavy atom. The van der Waals surface area contributed by atoms with Crippen molar-refractivity contribution in [1.29, 1.82) is 0 Å². The van der Waals surface area contributed by atoms with Crippen LogP contribution in [0.3, 0.4) is 0 Å². The van der Waals surface area contributed by atoms with Crippen LogP contribution in [-0.4, -0.2) is 31.5 Å². The molecule has 2 amide bonds. The Bertz CT molecular complexity index is 1100. The zero-order valence-electron chi connectivity index (χ0n) is 16.2. The summed E-state index contributed by atoms with van der Waals surface area (Å²) in [6, 6.07) is 14.9. The summed E-state index contributed by atoms with van der Waals surface area (Å²) in [6.45, 7) is 1.51. The molecule has 1 unspecified atom stereocenters. The molecule has 29 heavy (non-hydrogen) atoms. The van der Waals surface area contributed by atoms with E-state index in [0.717, 1.165) is 22.5 Å². The predicted octanol–water partition coefficient (Wildman–Crippen LogP) is 3.38. The van der Waals surface area contributed by atoms with Gasteiger partial charge in [0.2, 0.25) is 11.8 Å². The summed E-state index contributed by atoms with van der Waals surface area (Å²) in [4.78, 5) is 26.5. The number of fused-ring (bicyclic) bond motifs is 1. The van der Waals surface area contributed by atoms with Crippen molar-refractivity contribution < 1.29 is 9.59 Å². The van der Waals surface area contributed by atoms with E-state index in [1.54, 1.807) is 17.4 Å². The molecule has 0 spiro atoms. The van der Waals surface area contributed by atoms with Gasteiger partial charge in [-0.2, -0.15) is 0 Å². The fourth-order valence-corrected chi connectivity index (χ4v) is 3.58. The second-order valence-corrected chi connectivity index (χ2v) is 6.99. The summed E-state index contributed by atoms with van der Waals surface area (Å²) < 4.78 is 1.82. The van der Waals surface area contributed by atoms with Crippen LogP contribution in [0.15, 0.2) is 61.1 Å². The highest BCUT2D eigenvalue weighted by molar-refractivity contribution is 5.92. The van der Waals surface area contributed by atoms with Gasteiger partial charge < -0.3 is 14.8 Å². The van der Waals surface area contributed by atoms with Gasteiger partial charge in [-0.1, -0.05) is 36.4 Å². The highest BCUT2D eigenvalue weighted by Crippen LogP contribution is 2.33. The molecule has 7 heteroatoms. The minimum Gasteiger partial charge on any atom is -0.326 e. The average molecular weight is 387 g/mol. The fraction of sp³-hybridized carbons (Fsp3) is 0.182. The van der Waals surface area contributed by atoms with Crippen LogP contribution < -0.4 is 5.32 Å².